The highest BCUT2D eigenvalue weighted by Crippen LogP contribution is 2.09. The fourth-order valence-corrected chi connectivity index (χ4v) is 3.85. The predicted molar refractivity (Wildman–Crippen MR) is 72.6 cm³/mol. The molecule has 0 spiro atoms. The van der Waals surface area contributed by atoms with Gasteiger partial charge in [0.1, 0.15) is 0 Å². The van der Waals surface area contributed by atoms with E-state index in [0.29, 0.717) is 0 Å². The minimum Gasteiger partial charge on any atom is -0.0666 e. The third kappa shape index (κ3) is 2.61. The monoisotopic (exact) mass is 225 g/mol. The average molecular weight is 225 g/mol. The van der Waals surface area contributed by atoms with Crippen molar-refractivity contribution in [2.75, 3.05) is 0 Å². The Morgan fingerprint density at radius 3 is 2.19 bits per heavy atom. The molecule has 0 fully saturated rings. The van der Waals surface area contributed by atoms with Crippen LogP contribution < -0.4 is 5.19 Å². The van der Waals surface area contributed by atoms with E-state index in [-0.39, 0.29) is 0 Å². The van der Waals surface area contributed by atoms with Gasteiger partial charge in [-0.05, 0) is 24.1 Å². The van der Waals surface area contributed by atoms with Crippen molar-refractivity contribution < 1.29 is 0 Å². The summed E-state index contributed by atoms with van der Waals surface area (Å²) < 4.78 is 0. The first-order valence-electron chi connectivity index (χ1n) is 5.70. The minimum absolute atomic E-state index is 0.442. The van der Waals surface area contributed by atoms with E-state index in [0.717, 1.165) is 0 Å². The van der Waals surface area contributed by atoms with E-state index >= 15 is 0 Å². The highest BCUT2D eigenvalue weighted by Gasteiger charge is 2.09. The minimum atomic E-state index is -0.442. The molecule has 0 amide bonds. The largest absolute Gasteiger partial charge is 0.0869 e. The number of hydrogen-bond donors (Lipinski definition) is 0. The first-order chi connectivity index (χ1) is 7.77. The molecule has 2 rings (SSSR count). The lowest BCUT2D eigenvalue weighted by Crippen LogP contribution is -2.29. The molecule has 0 saturated heterocycles. The molecular formula is C15H17Si. The van der Waals surface area contributed by atoms with Crippen LogP contribution in [-0.4, -0.2) is 8.80 Å². The zero-order chi connectivity index (χ0) is 11.4. The Morgan fingerprint density at radius 2 is 1.50 bits per heavy atom. The molecule has 0 aliphatic carbocycles. The molecule has 0 aromatic heterocycles. The van der Waals surface area contributed by atoms with Crippen molar-refractivity contribution in [2.24, 2.45) is 0 Å². The van der Waals surface area contributed by atoms with Gasteiger partial charge in [-0.3, -0.25) is 0 Å². The second kappa shape index (κ2) is 5.13. The summed E-state index contributed by atoms with van der Waals surface area (Å²) in [7, 11) is -0.442. The normalized spacial score (nSPS) is 10.7. The van der Waals surface area contributed by atoms with Crippen LogP contribution in [0.2, 0.25) is 6.55 Å². The van der Waals surface area contributed by atoms with Gasteiger partial charge in [0.25, 0.3) is 0 Å². The fraction of sp³-hybridized carbons (Fsp3) is 0.200. The highest BCUT2D eigenvalue weighted by atomic mass is 28.3. The average Bonchev–Trinajstić information content (AvgIpc) is 2.33. The Balaban J connectivity index is 2.14. The summed E-state index contributed by atoms with van der Waals surface area (Å²) >= 11 is 0. The molecule has 0 unspecified atom stereocenters. The van der Waals surface area contributed by atoms with Gasteiger partial charge in [0.05, 0.1) is 8.80 Å². The molecule has 81 valence electrons. The summed E-state index contributed by atoms with van der Waals surface area (Å²) in [6, 6.07) is 20.8. The van der Waals surface area contributed by atoms with Crippen LogP contribution >= 0.6 is 0 Å². The Labute approximate surface area is 99.6 Å². The maximum atomic E-state index is 2.40. The van der Waals surface area contributed by atoms with Crippen LogP contribution in [0.25, 0.3) is 0 Å². The molecule has 0 heterocycles. The van der Waals surface area contributed by atoms with Crippen LogP contribution in [-0.2, 0) is 6.04 Å². The van der Waals surface area contributed by atoms with Crippen LogP contribution in [0.4, 0.5) is 0 Å². The first kappa shape index (κ1) is 11.2. The molecule has 0 saturated carbocycles. The van der Waals surface area contributed by atoms with E-state index in [2.05, 4.69) is 68.1 Å². The molecule has 1 radical (unpaired) electrons. The van der Waals surface area contributed by atoms with Gasteiger partial charge in [-0.2, -0.15) is 0 Å². The number of hydrogen-bond acceptors (Lipinski definition) is 0. The molecule has 2 aromatic rings. The van der Waals surface area contributed by atoms with Gasteiger partial charge in [-0.25, -0.2) is 0 Å². The second-order valence-electron chi connectivity index (χ2n) is 4.25. The maximum absolute atomic E-state index is 2.40. The molecule has 16 heavy (non-hydrogen) atoms. The van der Waals surface area contributed by atoms with Crippen LogP contribution in [0.3, 0.4) is 0 Å². The highest BCUT2D eigenvalue weighted by molar-refractivity contribution is 6.71. The quantitative estimate of drug-likeness (QED) is 0.704. The van der Waals surface area contributed by atoms with Crippen LogP contribution in [0.15, 0.2) is 54.6 Å². The van der Waals surface area contributed by atoms with Crippen molar-refractivity contribution in [1.82, 2.24) is 0 Å². The zero-order valence-electron chi connectivity index (χ0n) is 9.90. The third-order valence-electron chi connectivity index (χ3n) is 2.98. The van der Waals surface area contributed by atoms with E-state index in [1.807, 2.05) is 0 Å². The van der Waals surface area contributed by atoms with Gasteiger partial charge in [0, 0.05) is 0 Å². The van der Waals surface area contributed by atoms with E-state index in [1.54, 1.807) is 0 Å². The fourth-order valence-electron chi connectivity index (χ4n) is 1.92. The lowest BCUT2D eigenvalue weighted by atomic mass is 10.1. The molecule has 2 aromatic carbocycles. The molecule has 0 atom stereocenters. The Bertz CT molecular complexity index is 448. The molecule has 0 N–H and O–H groups in total. The Morgan fingerprint density at radius 1 is 0.875 bits per heavy atom. The van der Waals surface area contributed by atoms with Crippen LogP contribution in [0, 0.1) is 6.92 Å². The molecular weight excluding hydrogens is 208 g/mol. The van der Waals surface area contributed by atoms with Crippen molar-refractivity contribution >= 4 is 14.0 Å². The van der Waals surface area contributed by atoms with E-state index in [4.69, 9.17) is 0 Å². The summed E-state index contributed by atoms with van der Waals surface area (Å²) in [5, 5.41) is 1.52. The van der Waals surface area contributed by atoms with Gasteiger partial charge in [0.2, 0.25) is 0 Å². The van der Waals surface area contributed by atoms with Gasteiger partial charge >= 0.3 is 0 Å². The maximum Gasteiger partial charge on any atom is 0.0869 e. The predicted octanol–water partition coefficient (Wildman–Crippen LogP) is 3.11. The van der Waals surface area contributed by atoms with Gasteiger partial charge in [0.15, 0.2) is 0 Å². The Kier molecular flexibility index (Phi) is 3.57. The second-order valence-corrected chi connectivity index (χ2v) is 6.74. The zero-order valence-corrected chi connectivity index (χ0v) is 10.9. The smallest absolute Gasteiger partial charge is 0.0666 e. The number of benzene rings is 2. The van der Waals surface area contributed by atoms with Crippen molar-refractivity contribution in [3.8, 4) is 0 Å². The number of aryl methyl sites for hydroxylation is 1. The SMILES string of the molecule is Cc1ccccc1C[Si](C)c1ccccc1. The van der Waals surface area contributed by atoms with Crippen molar-refractivity contribution in [2.45, 2.75) is 19.5 Å². The number of rotatable bonds is 3. The lowest BCUT2D eigenvalue weighted by molar-refractivity contribution is 1.28. The third-order valence-corrected chi connectivity index (χ3v) is 5.21. The molecule has 1 heteroatoms. The summed E-state index contributed by atoms with van der Waals surface area (Å²) in [4.78, 5) is 0. The molecule has 0 aliphatic rings. The van der Waals surface area contributed by atoms with Crippen molar-refractivity contribution in [1.29, 1.82) is 0 Å². The lowest BCUT2D eigenvalue weighted by Gasteiger charge is -2.11. The van der Waals surface area contributed by atoms with Gasteiger partial charge in [-0.15, -0.1) is 0 Å². The summed E-state index contributed by atoms with van der Waals surface area (Å²) in [5.41, 5.74) is 2.92. The van der Waals surface area contributed by atoms with Gasteiger partial charge in [-0.1, -0.05) is 66.3 Å². The van der Waals surface area contributed by atoms with E-state index in [9.17, 15) is 0 Å². The van der Waals surface area contributed by atoms with E-state index < -0.39 is 8.80 Å². The van der Waals surface area contributed by atoms with Crippen molar-refractivity contribution in [3.63, 3.8) is 0 Å². The summed E-state index contributed by atoms with van der Waals surface area (Å²) in [5.74, 6) is 0. The molecule has 0 aliphatic heterocycles. The summed E-state index contributed by atoms with van der Waals surface area (Å²) in [6.45, 7) is 4.60. The van der Waals surface area contributed by atoms with Crippen LogP contribution in [0.1, 0.15) is 11.1 Å². The van der Waals surface area contributed by atoms with Crippen molar-refractivity contribution in [3.05, 3.63) is 65.7 Å². The summed E-state index contributed by atoms with van der Waals surface area (Å²) in [6.07, 6.45) is 0. The topological polar surface area (TPSA) is 0 Å². The standard InChI is InChI=1S/C15H17Si/c1-13-8-6-7-9-14(13)12-16(2)15-10-4-3-5-11-15/h3-11H,12H2,1-2H3. The van der Waals surface area contributed by atoms with E-state index in [1.165, 1.54) is 22.4 Å². The molecule has 0 nitrogen and oxygen atoms in total. The first-order valence-corrected chi connectivity index (χ1v) is 7.90. The van der Waals surface area contributed by atoms with Gasteiger partial charge < -0.3 is 0 Å². The van der Waals surface area contributed by atoms with Crippen LogP contribution in [0.5, 0.6) is 0 Å². The molecule has 0 bridgehead atoms. The Hall–Kier alpha value is -1.34.